The summed E-state index contributed by atoms with van der Waals surface area (Å²) >= 11 is 0. The molecule has 1 aromatic carbocycles. The summed E-state index contributed by atoms with van der Waals surface area (Å²) in [6, 6.07) is 9.67. The average molecular weight is 379 g/mol. The van der Waals surface area contributed by atoms with Crippen molar-refractivity contribution >= 4 is 16.9 Å². The van der Waals surface area contributed by atoms with Crippen molar-refractivity contribution in [3.05, 3.63) is 52.8 Å². The van der Waals surface area contributed by atoms with Crippen molar-refractivity contribution in [1.29, 1.82) is 0 Å². The maximum absolute atomic E-state index is 13.7. The molecule has 1 N–H and O–H groups in total. The summed E-state index contributed by atoms with van der Waals surface area (Å²) < 4.78 is 7.30. The third kappa shape index (κ3) is 3.01. The highest BCUT2D eigenvalue weighted by Crippen LogP contribution is 2.32. The quantitative estimate of drug-likeness (QED) is 0.756. The van der Waals surface area contributed by atoms with Gasteiger partial charge < -0.3 is 15.0 Å². The van der Waals surface area contributed by atoms with Crippen LogP contribution in [-0.4, -0.2) is 52.3 Å². The molecular weight excluding hydrogens is 354 g/mol. The van der Waals surface area contributed by atoms with Gasteiger partial charge in [0.1, 0.15) is 5.75 Å². The molecule has 146 valence electrons. The van der Waals surface area contributed by atoms with Crippen LogP contribution in [-0.2, 0) is 7.05 Å². The summed E-state index contributed by atoms with van der Waals surface area (Å²) in [4.78, 5) is 20.2. The van der Waals surface area contributed by atoms with Gasteiger partial charge in [0.2, 0.25) is 0 Å². The molecule has 0 saturated carbocycles. The Labute approximate surface area is 164 Å². The number of nitrogens with zero attached hydrogens (tertiary/aromatic N) is 4. The normalized spacial score (nSPS) is 17.1. The first-order valence-corrected chi connectivity index (χ1v) is 9.46. The second-order valence-electron chi connectivity index (χ2n) is 7.18. The van der Waals surface area contributed by atoms with Gasteiger partial charge >= 0.3 is 0 Å². The molecule has 1 amide bonds. The van der Waals surface area contributed by atoms with Gasteiger partial charge in [-0.05, 0) is 26.0 Å². The molecule has 0 aliphatic carbocycles. The number of nitrogens with one attached hydrogen (secondary N) is 1. The van der Waals surface area contributed by atoms with Gasteiger partial charge in [0.25, 0.3) is 5.91 Å². The van der Waals surface area contributed by atoms with Crippen LogP contribution in [0.3, 0.4) is 0 Å². The molecule has 0 radical (unpaired) electrons. The highest BCUT2D eigenvalue weighted by Gasteiger charge is 2.32. The predicted octanol–water partition coefficient (Wildman–Crippen LogP) is 2.38. The van der Waals surface area contributed by atoms with Crippen LogP contribution in [0.25, 0.3) is 11.0 Å². The van der Waals surface area contributed by atoms with E-state index in [0.29, 0.717) is 18.7 Å². The summed E-state index contributed by atoms with van der Waals surface area (Å²) in [5.74, 6) is 0.798. The van der Waals surface area contributed by atoms with Gasteiger partial charge in [-0.25, -0.2) is 4.98 Å². The maximum atomic E-state index is 13.7. The highest BCUT2D eigenvalue weighted by atomic mass is 16.5. The van der Waals surface area contributed by atoms with Crippen molar-refractivity contribution in [2.75, 3.05) is 26.7 Å². The number of para-hydroxylation sites is 1. The van der Waals surface area contributed by atoms with E-state index < -0.39 is 0 Å². The zero-order valence-corrected chi connectivity index (χ0v) is 16.7. The highest BCUT2D eigenvalue weighted by molar-refractivity contribution is 6.06. The molecule has 1 aliphatic rings. The van der Waals surface area contributed by atoms with E-state index in [1.165, 1.54) is 0 Å². The minimum absolute atomic E-state index is 0.00371. The molecule has 2 aromatic heterocycles. The molecule has 3 heterocycles. The van der Waals surface area contributed by atoms with Crippen LogP contribution in [0.1, 0.15) is 33.4 Å². The SMILES string of the molecule is COc1ccccc1C1CNCCN1C(=O)c1cc(C)nc2c1c(C)nn2C. The van der Waals surface area contributed by atoms with E-state index in [9.17, 15) is 4.79 Å². The first kappa shape index (κ1) is 18.4. The van der Waals surface area contributed by atoms with Crippen LogP contribution in [0.2, 0.25) is 0 Å². The third-order valence-electron chi connectivity index (χ3n) is 5.33. The Morgan fingerprint density at radius 2 is 2.07 bits per heavy atom. The number of benzene rings is 1. The van der Waals surface area contributed by atoms with E-state index in [2.05, 4.69) is 15.4 Å². The fourth-order valence-corrected chi connectivity index (χ4v) is 4.06. The summed E-state index contributed by atoms with van der Waals surface area (Å²) in [7, 11) is 3.52. The van der Waals surface area contributed by atoms with E-state index in [1.54, 1.807) is 11.8 Å². The molecule has 3 aromatic rings. The number of carbonyl (C=O) groups is 1. The first-order chi connectivity index (χ1) is 13.5. The molecule has 1 unspecified atom stereocenters. The monoisotopic (exact) mass is 379 g/mol. The number of fused-ring (bicyclic) bond motifs is 1. The molecule has 1 saturated heterocycles. The molecule has 0 bridgehead atoms. The second kappa shape index (κ2) is 7.24. The van der Waals surface area contributed by atoms with E-state index in [0.717, 1.165) is 40.3 Å². The Hall–Kier alpha value is -2.93. The molecule has 4 rings (SSSR count). The van der Waals surface area contributed by atoms with Gasteiger partial charge in [-0.2, -0.15) is 5.10 Å². The Morgan fingerprint density at radius 3 is 2.86 bits per heavy atom. The molecule has 7 nitrogen and oxygen atoms in total. The number of rotatable bonds is 3. The number of piperazine rings is 1. The van der Waals surface area contributed by atoms with Crippen molar-refractivity contribution in [2.24, 2.45) is 7.05 Å². The maximum Gasteiger partial charge on any atom is 0.255 e. The molecule has 28 heavy (non-hydrogen) atoms. The van der Waals surface area contributed by atoms with Crippen LogP contribution in [0.4, 0.5) is 0 Å². The number of hydrogen-bond acceptors (Lipinski definition) is 5. The fraction of sp³-hybridized carbons (Fsp3) is 0.381. The third-order valence-corrected chi connectivity index (χ3v) is 5.33. The standard InChI is InChI=1S/C21H25N5O2/c1-13-11-16(19-14(2)24-25(3)20(19)23-13)21(27)26-10-9-22-12-17(26)15-7-5-6-8-18(15)28-4/h5-8,11,17,22H,9-10,12H2,1-4H3. The number of amides is 1. The Kier molecular flexibility index (Phi) is 4.77. The van der Waals surface area contributed by atoms with Gasteiger partial charge in [-0.1, -0.05) is 18.2 Å². The van der Waals surface area contributed by atoms with Gasteiger partial charge in [-0.3, -0.25) is 9.48 Å². The van der Waals surface area contributed by atoms with Crippen LogP contribution in [0.5, 0.6) is 5.75 Å². The second-order valence-corrected chi connectivity index (χ2v) is 7.18. The lowest BCUT2D eigenvalue weighted by Crippen LogP contribution is -2.48. The average Bonchev–Trinajstić information content (AvgIpc) is 3.00. The van der Waals surface area contributed by atoms with Gasteiger partial charge in [0, 0.05) is 37.9 Å². The number of methoxy groups -OCH3 is 1. The van der Waals surface area contributed by atoms with E-state index in [-0.39, 0.29) is 11.9 Å². The predicted molar refractivity (Wildman–Crippen MR) is 108 cm³/mol. The van der Waals surface area contributed by atoms with Crippen LogP contribution < -0.4 is 10.1 Å². The van der Waals surface area contributed by atoms with Gasteiger partial charge in [0.05, 0.1) is 29.8 Å². The molecule has 1 fully saturated rings. The molecule has 1 aliphatic heterocycles. The van der Waals surface area contributed by atoms with Crippen molar-refractivity contribution in [3.8, 4) is 5.75 Å². The summed E-state index contributed by atoms with van der Waals surface area (Å²) in [5, 5.41) is 8.71. The minimum atomic E-state index is -0.0992. The van der Waals surface area contributed by atoms with E-state index >= 15 is 0 Å². The zero-order chi connectivity index (χ0) is 19.8. The smallest absolute Gasteiger partial charge is 0.255 e. The summed E-state index contributed by atoms with van der Waals surface area (Å²) in [6.45, 7) is 5.91. The Balaban J connectivity index is 1.81. The number of aromatic nitrogens is 3. The zero-order valence-electron chi connectivity index (χ0n) is 16.7. The van der Waals surface area contributed by atoms with Gasteiger partial charge in [-0.15, -0.1) is 0 Å². The number of pyridine rings is 1. The number of ether oxygens (including phenoxy) is 1. The molecule has 0 spiro atoms. The van der Waals surface area contributed by atoms with Gasteiger partial charge in [0.15, 0.2) is 5.65 Å². The van der Waals surface area contributed by atoms with Crippen LogP contribution >= 0.6 is 0 Å². The molecular formula is C21H25N5O2. The molecule has 1 atom stereocenters. The summed E-state index contributed by atoms with van der Waals surface area (Å²) in [5.41, 5.74) is 4.04. The Morgan fingerprint density at radius 1 is 1.29 bits per heavy atom. The largest absolute Gasteiger partial charge is 0.496 e. The van der Waals surface area contributed by atoms with Crippen LogP contribution in [0, 0.1) is 13.8 Å². The van der Waals surface area contributed by atoms with Crippen molar-refractivity contribution in [1.82, 2.24) is 25.0 Å². The van der Waals surface area contributed by atoms with Crippen LogP contribution in [0.15, 0.2) is 30.3 Å². The van der Waals surface area contributed by atoms with Crippen molar-refractivity contribution in [3.63, 3.8) is 0 Å². The lowest BCUT2D eigenvalue weighted by Gasteiger charge is -2.37. The molecule has 7 heteroatoms. The Bertz CT molecular complexity index is 1040. The number of hydrogen-bond donors (Lipinski definition) is 1. The summed E-state index contributed by atoms with van der Waals surface area (Å²) in [6.07, 6.45) is 0. The fourth-order valence-electron chi connectivity index (χ4n) is 4.06. The topological polar surface area (TPSA) is 72.3 Å². The lowest BCUT2D eigenvalue weighted by molar-refractivity contribution is 0.0633. The van der Waals surface area contributed by atoms with Crippen molar-refractivity contribution in [2.45, 2.75) is 19.9 Å². The lowest BCUT2D eigenvalue weighted by atomic mass is 10.00. The number of carbonyl (C=O) groups excluding carboxylic acids is 1. The van der Waals surface area contributed by atoms with E-state index in [4.69, 9.17) is 4.74 Å². The first-order valence-electron chi connectivity index (χ1n) is 9.46. The van der Waals surface area contributed by atoms with Crippen molar-refractivity contribution < 1.29 is 9.53 Å². The van der Waals surface area contributed by atoms with E-state index in [1.807, 2.05) is 56.1 Å². The minimum Gasteiger partial charge on any atom is -0.496 e. The number of aryl methyl sites for hydroxylation is 3.